The second-order valence-electron chi connectivity index (χ2n) is 5.22. The first-order valence-electron chi connectivity index (χ1n) is 8.63. The van der Waals surface area contributed by atoms with Crippen molar-refractivity contribution in [3.05, 3.63) is 0 Å². The summed E-state index contributed by atoms with van der Waals surface area (Å²) >= 11 is 1.66. The molecule has 1 fully saturated rings. The van der Waals surface area contributed by atoms with Gasteiger partial charge in [0.15, 0.2) is 6.29 Å². The van der Waals surface area contributed by atoms with Crippen LogP contribution >= 0.6 is 11.8 Å². The first-order chi connectivity index (χ1) is 11.5. The Hall–Kier alpha value is -0.380. The molecular formula is C16H33NO6S. The van der Waals surface area contributed by atoms with Gasteiger partial charge in [0.25, 0.3) is 0 Å². The minimum Gasteiger partial charge on any atom is -0.388 e. The molecule has 1 amide bonds. The summed E-state index contributed by atoms with van der Waals surface area (Å²) in [5, 5.41) is 31.7. The number of aliphatic hydroxyl groups is 3. The third-order valence-corrected chi connectivity index (χ3v) is 4.44. The normalized spacial score (nSPS) is 29.5. The molecule has 0 radical (unpaired) electrons. The third-order valence-electron chi connectivity index (χ3n) is 3.37. The molecule has 0 saturated carbocycles. The van der Waals surface area contributed by atoms with Crippen molar-refractivity contribution in [1.29, 1.82) is 0 Å². The van der Waals surface area contributed by atoms with Gasteiger partial charge in [-0.3, -0.25) is 4.79 Å². The van der Waals surface area contributed by atoms with Gasteiger partial charge in [0.05, 0.1) is 12.7 Å². The Labute approximate surface area is 149 Å². The molecule has 0 aromatic carbocycles. The SMILES string of the molecule is CC.CCNC(=O)CCSCCCO[C@H]1OC(C)[C@@H](O)C(O)[C@@H]1O. The van der Waals surface area contributed by atoms with E-state index >= 15 is 0 Å². The predicted octanol–water partition coefficient (Wildman–Crippen LogP) is 0.506. The van der Waals surface area contributed by atoms with Gasteiger partial charge in [-0.25, -0.2) is 0 Å². The van der Waals surface area contributed by atoms with Crippen LogP contribution in [0.1, 0.15) is 40.5 Å². The smallest absolute Gasteiger partial charge is 0.220 e. The van der Waals surface area contributed by atoms with Crippen LogP contribution in [0.2, 0.25) is 0 Å². The van der Waals surface area contributed by atoms with E-state index in [0.717, 1.165) is 17.9 Å². The Balaban J connectivity index is 0.00000254. The van der Waals surface area contributed by atoms with E-state index in [1.165, 1.54) is 0 Å². The zero-order chi connectivity index (χ0) is 18.5. The predicted molar refractivity (Wildman–Crippen MR) is 94.9 cm³/mol. The van der Waals surface area contributed by atoms with E-state index in [4.69, 9.17) is 9.47 Å². The van der Waals surface area contributed by atoms with E-state index in [9.17, 15) is 20.1 Å². The maximum atomic E-state index is 11.2. The van der Waals surface area contributed by atoms with Gasteiger partial charge in [0.2, 0.25) is 5.91 Å². The van der Waals surface area contributed by atoms with Gasteiger partial charge in [0.1, 0.15) is 18.3 Å². The van der Waals surface area contributed by atoms with Crippen molar-refractivity contribution in [2.24, 2.45) is 0 Å². The fraction of sp³-hybridized carbons (Fsp3) is 0.938. The van der Waals surface area contributed by atoms with Crippen LogP contribution in [0, 0.1) is 0 Å². The van der Waals surface area contributed by atoms with Gasteiger partial charge in [-0.15, -0.1) is 0 Å². The van der Waals surface area contributed by atoms with Crippen molar-refractivity contribution < 1.29 is 29.6 Å². The molecule has 0 bridgehead atoms. The lowest BCUT2D eigenvalue weighted by Gasteiger charge is -2.38. The number of hydrogen-bond acceptors (Lipinski definition) is 7. The highest BCUT2D eigenvalue weighted by Gasteiger charge is 2.42. The molecule has 4 N–H and O–H groups in total. The first kappa shape index (κ1) is 23.6. The average molecular weight is 368 g/mol. The van der Waals surface area contributed by atoms with Gasteiger partial charge in [-0.1, -0.05) is 13.8 Å². The molecule has 1 aliphatic heterocycles. The summed E-state index contributed by atoms with van der Waals surface area (Å²) in [7, 11) is 0. The van der Waals surface area contributed by atoms with Gasteiger partial charge >= 0.3 is 0 Å². The zero-order valence-corrected chi connectivity index (χ0v) is 15.9. The summed E-state index contributed by atoms with van der Waals surface area (Å²) in [6.07, 6.45) is -3.88. The maximum Gasteiger partial charge on any atom is 0.220 e. The highest BCUT2D eigenvalue weighted by molar-refractivity contribution is 7.99. The van der Waals surface area contributed by atoms with Crippen molar-refractivity contribution in [2.45, 2.75) is 71.2 Å². The van der Waals surface area contributed by atoms with Crippen LogP contribution in [0.4, 0.5) is 0 Å². The average Bonchev–Trinajstić information content (AvgIpc) is 2.58. The second-order valence-corrected chi connectivity index (χ2v) is 6.45. The van der Waals surface area contributed by atoms with Gasteiger partial charge in [-0.05, 0) is 26.0 Å². The lowest BCUT2D eigenvalue weighted by molar-refractivity contribution is -0.292. The molecule has 1 rings (SSSR count). The summed E-state index contributed by atoms with van der Waals surface area (Å²) in [6, 6.07) is 0. The molecule has 7 nitrogen and oxygen atoms in total. The van der Waals surface area contributed by atoms with Crippen LogP contribution in [0.5, 0.6) is 0 Å². The summed E-state index contributed by atoms with van der Waals surface area (Å²) in [4.78, 5) is 11.2. The van der Waals surface area contributed by atoms with Gasteiger partial charge in [0, 0.05) is 18.7 Å². The molecule has 5 atom stereocenters. The molecule has 1 heterocycles. The lowest BCUT2D eigenvalue weighted by atomic mass is 10.0. The van der Waals surface area contributed by atoms with Crippen LogP contribution in [0.25, 0.3) is 0 Å². The van der Waals surface area contributed by atoms with Crippen molar-refractivity contribution in [1.82, 2.24) is 5.32 Å². The molecule has 0 aromatic rings. The van der Waals surface area contributed by atoms with Gasteiger partial charge in [-0.2, -0.15) is 11.8 Å². The zero-order valence-electron chi connectivity index (χ0n) is 15.1. The number of hydrogen-bond donors (Lipinski definition) is 4. The van der Waals surface area contributed by atoms with Crippen LogP contribution < -0.4 is 5.32 Å². The van der Waals surface area contributed by atoms with Crippen LogP contribution in [-0.2, 0) is 14.3 Å². The molecule has 0 aromatic heterocycles. The second kappa shape index (κ2) is 13.9. The van der Waals surface area contributed by atoms with Crippen molar-refractivity contribution >= 4 is 17.7 Å². The van der Waals surface area contributed by atoms with Crippen molar-refractivity contribution in [3.63, 3.8) is 0 Å². The van der Waals surface area contributed by atoms with E-state index in [2.05, 4.69) is 5.32 Å². The van der Waals surface area contributed by atoms with Crippen molar-refractivity contribution in [3.8, 4) is 0 Å². The minimum atomic E-state index is -1.26. The molecule has 2 unspecified atom stereocenters. The van der Waals surface area contributed by atoms with Gasteiger partial charge < -0.3 is 30.1 Å². The van der Waals surface area contributed by atoms with Crippen LogP contribution in [-0.4, -0.2) is 76.6 Å². The number of ether oxygens (including phenoxy) is 2. The molecule has 0 aliphatic carbocycles. The monoisotopic (exact) mass is 367 g/mol. The molecule has 1 saturated heterocycles. The quantitative estimate of drug-likeness (QED) is 0.440. The number of carbonyl (C=O) groups is 1. The number of nitrogens with one attached hydrogen (secondary N) is 1. The number of thioether (sulfide) groups is 1. The summed E-state index contributed by atoms with van der Waals surface area (Å²) in [6.45, 7) is 8.54. The van der Waals surface area contributed by atoms with Crippen LogP contribution in [0.3, 0.4) is 0 Å². The highest BCUT2D eigenvalue weighted by Crippen LogP contribution is 2.21. The fourth-order valence-electron chi connectivity index (χ4n) is 2.06. The Morgan fingerprint density at radius 1 is 1.17 bits per heavy atom. The molecule has 0 spiro atoms. The Morgan fingerprint density at radius 3 is 2.46 bits per heavy atom. The Bertz CT molecular complexity index is 334. The van der Waals surface area contributed by atoms with E-state index in [1.54, 1.807) is 18.7 Å². The molecular weight excluding hydrogens is 334 g/mol. The van der Waals surface area contributed by atoms with E-state index < -0.39 is 30.7 Å². The molecule has 8 heteroatoms. The molecule has 144 valence electrons. The Kier molecular flexibility index (Phi) is 13.6. The standard InChI is InChI=1S/C14H27NO6S.C2H6/c1-3-15-10(16)5-8-22-7-4-6-20-14-13(19)12(18)11(17)9(2)21-14;1-2/h9,11-14,17-19H,3-8H2,1-2H3,(H,15,16);1-2H3/t9?,11-,12?,13+,14+;/m1./s1. The lowest BCUT2D eigenvalue weighted by Crippen LogP contribution is -2.57. The highest BCUT2D eigenvalue weighted by atomic mass is 32.2. The number of amides is 1. The molecule has 24 heavy (non-hydrogen) atoms. The first-order valence-corrected chi connectivity index (χ1v) is 9.78. The fourth-order valence-corrected chi connectivity index (χ4v) is 2.92. The summed E-state index contributed by atoms with van der Waals surface area (Å²) < 4.78 is 10.7. The van der Waals surface area contributed by atoms with E-state index in [0.29, 0.717) is 19.6 Å². The number of rotatable bonds is 9. The minimum absolute atomic E-state index is 0.0616. The topological polar surface area (TPSA) is 108 Å². The number of carbonyl (C=O) groups excluding carboxylic acids is 1. The van der Waals surface area contributed by atoms with Crippen molar-refractivity contribution in [2.75, 3.05) is 24.7 Å². The van der Waals surface area contributed by atoms with E-state index in [1.807, 2.05) is 20.8 Å². The Morgan fingerprint density at radius 2 is 1.83 bits per heavy atom. The summed E-state index contributed by atoms with van der Waals surface area (Å²) in [5.74, 6) is 1.66. The third kappa shape index (κ3) is 8.64. The molecule has 1 aliphatic rings. The largest absolute Gasteiger partial charge is 0.388 e. The summed E-state index contributed by atoms with van der Waals surface area (Å²) in [5.41, 5.74) is 0. The maximum absolute atomic E-state index is 11.2. The van der Waals surface area contributed by atoms with E-state index in [-0.39, 0.29) is 5.91 Å². The number of aliphatic hydroxyl groups excluding tert-OH is 3. The van der Waals surface area contributed by atoms with Crippen LogP contribution in [0.15, 0.2) is 0 Å².